The summed E-state index contributed by atoms with van der Waals surface area (Å²) in [5, 5.41) is 0. The van der Waals surface area contributed by atoms with Crippen LogP contribution in [0, 0.1) is 20.8 Å². The lowest BCUT2D eigenvalue weighted by Gasteiger charge is -2.19. The van der Waals surface area contributed by atoms with Gasteiger partial charge in [0.05, 0.1) is 22.4 Å². The topological polar surface area (TPSA) is 133 Å². The van der Waals surface area contributed by atoms with Gasteiger partial charge in [0.1, 0.15) is 10.6 Å². The fourth-order valence-corrected chi connectivity index (χ4v) is 7.03. The molecule has 222 valence electrons. The number of aryl methyl sites for hydroxylation is 3. The molecule has 0 bridgehead atoms. The van der Waals surface area contributed by atoms with Crippen molar-refractivity contribution in [3.05, 3.63) is 119 Å². The van der Waals surface area contributed by atoms with Gasteiger partial charge in [0.15, 0.2) is 0 Å². The Balaban J connectivity index is 1.53. The number of sulfonamides is 1. The number of nitrogens with one attached hydrogen (secondary N) is 1. The first-order valence-corrected chi connectivity index (χ1v) is 17.2. The maximum atomic E-state index is 13.1. The van der Waals surface area contributed by atoms with Crippen LogP contribution in [0.4, 0.5) is 0 Å². The molecule has 0 saturated heterocycles. The molecule has 1 atom stereocenters. The number of rotatable bonds is 12. The van der Waals surface area contributed by atoms with Gasteiger partial charge < -0.3 is 4.18 Å². The van der Waals surface area contributed by atoms with E-state index in [1.54, 1.807) is 48.5 Å². The maximum Gasteiger partial charge on any atom is 0.339 e. The summed E-state index contributed by atoms with van der Waals surface area (Å²) in [6.07, 6.45) is 0.0412. The van der Waals surface area contributed by atoms with E-state index in [9.17, 15) is 25.3 Å². The van der Waals surface area contributed by atoms with Gasteiger partial charge in [-0.2, -0.15) is 16.8 Å². The second-order valence-electron chi connectivity index (χ2n) is 9.88. The van der Waals surface area contributed by atoms with Crippen LogP contribution in [-0.2, 0) is 40.9 Å². The summed E-state index contributed by atoms with van der Waals surface area (Å²) in [4.78, 5) is -0.0243. The highest BCUT2D eigenvalue weighted by Gasteiger charge is 2.24. The minimum Gasteiger partial charge on any atom is -0.379 e. The van der Waals surface area contributed by atoms with Crippen molar-refractivity contribution in [2.75, 3.05) is 6.61 Å². The molecule has 0 heterocycles. The van der Waals surface area contributed by atoms with Crippen molar-refractivity contribution in [3.8, 4) is 5.75 Å². The third-order valence-corrected chi connectivity index (χ3v) is 10.4. The minimum absolute atomic E-state index is 0.00897. The standard InChI is InChI=1S/C30H31NO8S3/c1-22-4-14-28(15-5-22)40(32,33)31-26(21-38-41(34,35)29-16-6-23(2)7-17-29)20-25-10-12-27(13-11-25)39-42(36,37)30-18-8-24(3)9-19-30/h4-19,26,31H,20-21H2,1-3H3/t26-/m0/s1. The van der Waals surface area contributed by atoms with Crippen LogP contribution in [0.1, 0.15) is 22.3 Å². The molecule has 9 nitrogen and oxygen atoms in total. The number of benzene rings is 4. The molecular weight excluding hydrogens is 599 g/mol. The number of hydrogen-bond acceptors (Lipinski definition) is 8. The summed E-state index contributed by atoms with van der Waals surface area (Å²) in [6, 6.07) is 23.6. The average Bonchev–Trinajstić information content (AvgIpc) is 2.93. The molecule has 0 unspecified atom stereocenters. The lowest BCUT2D eigenvalue weighted by molar-refractivity contribution is 0.281. The molecule has 0 amide bonds. The van der Waals surface area contributed by atoms with Crippen LogP contribution < -0.4 is 8.91 Å². The molecule has 0 saturated carbocycles. The Morgan fingerprint density at radius 3 is 1.48 bits per heavy atom. The van der Waals surface area contributed by atoms with E-state index in [1.165, 1.54) is 48.5 Å². The molecule has 12 heteroatoms. The Morgan fingerprint density at radius 2 is 1.00 bits per heavy atom. The molecule has 0 aromatic heterocycles. The van der Waals surface area contributed by atoms with E-state index in [-0.39, 0.29) is 26.9 Å². The van der Waals surface area contributed by atoms with Gasteiger partial charge in [-0.05, 0) is 81.3 Å². The molecule has 1 N–H and O–H groups in total. The number of hydrogen-bond donors (Lipinski definition) is 1. The first kappa shape index (κ1) is 31.4. The molecule has 0 aliphatic heterocycles. The fourth-order valence-electron chi connectivity index (χ4n) is 3.93. The van der Waals surface area contributed by atoms with Crippen LogP contribution in [0.2, 0.25) is 0 Å². The zero-order valence-electron chi connectivity index (χ0n) is 23.2. The van der Waals surface area contributed by atoms with Crippen molar-refractivity contribution in [1.29, 1.82) is 0 Å². The largest absolute Gasteiger partial charge is 0.379 e. The maximum absolute atomic E-state index is 13.1. The predicted octanol–water partition coefficient (Wildman–Crippen LogP) is 4.67. The SMILES string of the molecule is Cc1ccc(S(=O)(=O)N[C@H](COS(=O)(=O)c2ccc(C)cc2)Cc2ccc(OS(=O)(=O)c3ccc(C)cc3)cc2)cc1. The van der Waals surface area contributed by atoms with Gasteiger partial charge in [0.2, 0.25) is 10.0 Å². The second kappa shape index (κ2) is 12.8. The quantitative estimate of drug-likeness (QED) is 0.224. The van der Waals surface area contributed by atoms with E-state index in [2.05, 4.69) is 4.72 Å². The van der Waals surface area contributed by atoms with Crippen molar-refractivity contribution in [1.82, 2.24) is 4.72 Å². The lowest BCUT2D eigenvalue weighted by Crippen LogP contribution is -2.40. The molecule has 0 aliphatic rings. The second-order valence-corrected chi connectivity index (χ2v) is 14.8. The van der Waals surface area contributed by atoms with E-state index in [4.69, 9.17) is 8.37 Å². The Bertz CT molecular complexity index is 1840. The van der Waals surface area contributed by atoms with Gasteiger partial charge in [-0.1, -0.05) is 65.2 Å². The zero-order valence-corrected chi connectivity index (χ0v) is 25.7. The first-order valence-electron chi connectivity index (χ1n) is 12.9. The van der Waals surface area contributed by atoms with Gasteiger partial charge in [-0.15, -0.1) is 0 Å². The van der Waals surface area contributed by atoms with Crippen molar-refractivity contribution < 1.29 is 33.6 Å². The van der Waals surface area contributed by atoms with Gasteiger partial charge in [-0.3, -0.25) is 4.18 Å². The smallest absolute Gasteiger partial charge is 0.339 e. The van der Waals surface area contributed by atoms with Crippen LogP contribution >= 0.6 is 0 Å². The molecular formula is C30H31NO8S3. The molecule has 4 aromatic carbocycles. The van der Waals surface area contributed by atoms with Crippen molar-refractivity contribution in [2.24, 2.45) is 0 Å². The van der Waals surface area contributed by atoms with Crippen molar-refractivity contribution in [2.45, 2.75) is 47.9 Å². The van der Waals surface area contributed by atoms with E-state index >= 15 is 0 Å². The Labute approximate surface area is 247 Å². The van der Waals surface area contributed by atoms with Crippen LogP contribution in [-0.4, -0.2) is 37.9 Å². The summed E-state index contributed by atoms with van der Waals surface area (Å²) in [5.41, 5.74) is 3.24. The molecule has 4 aromatic rings. The van der Waals surface area contributed by atoms with E-state index in [0.29, 0.717) is 5.56 Å². The Morgan fingerprint density at radius 1 is 0.571 bits per heavy atom. The molecule has 0 spiro atoms. The summed E-state index contributed by atoms with van der Waals surface area (Å²) in [5.74, 6) is 0.0642. The van der Waals surface area contributed by atoms with Crippen LogP contribution in [0.3, 0.4) is 0 Å². The highest BCUT2D eigenvalue weighted by Crippen LogP contribution is 2.21. The summed E-state index contributed by atoms with van der Waals surface area (Å²) in [7, 11) is -12.3. The van der Waals surface area contributed by atoms with Crippen LogP contribution in [0.25, 0.3) is 0 Å². The third kappa shape index (κ3) is 8.26. The lowest BCUT2D eigenvalue weighted by atomic mass is 10.1. The molecule has 0 fully saturated rings. The monoisotopic (exact) mass is 629 g/mol. The summed E-state index contributed by atoms with van der Waals surface area (Å²) in [6.45, 7) is 5.01. The highest BCUT2D eigenvalue weighted by molar-refractivity contribution is 7.89. The third-order valence-electron chi connectivity index (χ3n) is 6.31. The van der Waals surface area contributed by atoms with Gasteiger partial charge in [-0.25, -0.2) is 13.1 Å². The van der Waals surface area contributed by atoms with E-state index in [1.807, 2.05) is 20.8 Å². The Kier molecular flexibility index (Phi) is 9.53. The Hall–Kier alpha value is -3.55. The van der Waals surface area contributed by atoms with Gasteiger partial charge in [0, 0.05) is 0 Å². The molecule has 4 rings (SSSR count). The fraction of sp³-hybridized carbons (Fsp3) is 0.200. The molecule has 42 heavy (non-hydrogen) atoms. The summed E-state index contributed by atoms with van der Waals surface area (Å²) >= 11 is 0. The van der Waals surface area contributed by atoms with E-state index in [0.717, 1.165) is 16.7 Å². The highest BCUT2D eigenvalue weighted by atomic mass is 32.2. The molecule has 0 radical (unpaired) electrons. The van der Waals surface area contributed by atoms with Crippen molar-refractivity contribution in [3.63, 3.8) is 0 Å². The normalized spacial score (nSPS) is 13.0. The molecule has 0 aliphatic carbocycles. The van der Waals surface area contributed by atoms with Crippen LogP contribution in [0.15, 0.2) is 112 Å². The predicted molar refractivity (Wildman–Crippen MR) is 159 cm³/mol. The zero-order chi connectivity index (χ0) is 30.5. The minimum atomic E-state index is -4.17. The summed E-state index contributed by atoms with van der Waals surface area (Å²) < 4.78 is 90.2. The van der Waals surface area contributed by atoms with Crippen molar-refractivity contribution >= 4 is 30.3 Å². The van der Waals surface area contributed by atoms with Gasteiger partial charge >= 0.3 is 10.1 Å². The average molecular weight is 630 g/mol. The van der Waals surface area contributed by atoms with E-state index < -0.39 is 42.9 Å². The van der Waals surface area contributed by atoms with Gasteiger partial charge in [0.25, 0.3) is 10.1 Å². The van der Waals surface area contributed by atoms with Crippen LogP contribution in [0.5, 0.6) is 5.75 Å². The first-order chi connectivity index (χ1) is 19.7.